The Kier molecular flexibility index (Phi) is 7.53. The van der Waals surface area contributed by atoms with Gasteiger partial charge in [-0.1, -0.05) is 32.6 Å². The molecule has 3 atom stereocenters. The number of hydrogen-bond donors (Lipinski definition) is 1. The van der Waals surface area contributed by atoms with Crippen LogP contribution in [0.15, 0.2) is 23.1 Å². The number of carbonyl (C=O) groups excluding carboxylic acids is 1. The van der Waals surface area contributed by atoms with Crippen LogP contribution < -0.4 is 4.74 Å². The van der Waals surface area contributed by atoms with Gasteiger partial charge in [0.2, 0.25) is 15.9 Å². The number of ether oxygens (including phenoxy) is 1. The molecule has 1 aliphatic carbocycles. The first kappa shape index (κ1) is 24.6. The van der Waals surface area contributed by atoms with Gasteiger partial charge >= 0.3 is 0 Å². The zero-order chi connectivity index (χ0) is 23.6. The summed E-state index contributed by atoms with van der Waals surface area (Å²) in [7, 11) is -2.12. The van der Waals surface area contributed by atoms with E-state index in [1.807, 2.05) is 20.8 Å². The van der Waals surface area contributed by atoms with Gasteiger partial charge in [-0.2, -0.15) is 4.31 Å². The first-order valence-corrected chi connectivity index (χ1v) is 12.7. The van der Waals surface area contributed by atoms with Crippen molar-refractivity contribution in [1.29, 1.82) is 0 Å². The Balaban J connectivity index is 2.03. The number of benzene rings is 1. The average molecular weight is 463 g/mol. The van der Waals surface area contributed by atoms with Gasteiger partial charge in [-0.3, -0.25) is 4.79 Å². The Bertz CT molecular complexity index is 1010. The molecule has 1 saturated carbocycles. The third-order valence-electron chi connectivity index (χ3n) is 5.93. The second-order valence-corrected chi connectivity index (χ2v) is 11.2. The standard InChI is InChI=1S/C24H34N2O5S/c1-16(2)6-7-19-8-11-23-21(12-19)31-22(14-25(5)24(28)20-9-10-20)17(3)13-26(18(4)15-27)32(23,29)30/h8,11-12,16-18,20,22,27H,9-10,13-15H2,1-5H3/t17-,18-,22+/m1/s1. The second-order valence-electron chi connectivity index (χ2n) is 9.32. The van der Waals surface area contributed by atoms with Crippen LogP contribution in [0.1, 0.15) is 46.1 Å². The van der Waals surface area contributed by atoms with Crippen molar-refractivity contribution in [3.8, 4) is 17.6 Å². The highest BCUT2D eigenvalue weighted by Gasteiger charge is 2.39. The first-order chi connectivity index (χ1) is 15.0. The number of carbonyl (C=O) groups is 1. The minimum absolute atomic E-state index is 0.0565. The number of hydrogen-bond acceptors (Lipinski definition) is 5. The van der Waals surface area contributed by atoms with E-state index in [-0.39, 0.29) is 47.5 Å². The Labute approximate surface area is 191 Å². The quantitative estimate of drug-likeness (QED) is 0.679. The lowest BCUT2D eigenvalue weighted by molar-refractivity contribution is -0.132. The van der Waals surface area contributed by atoms with Gasteiger partial charge in [0.25, 0.3) is 0 Å². The van der Waals surface area contributed by atoms with E-state index < -0.39 is 22.2 Å². The molecule has 0 aromatic heterocycles. The Morgan fingerprint density at radius 2 is 2.00 bits per heavy atom. The lowest BCUT2D eigenvalue weighted by Gasteiger charge is -2.37. The lowest BCUT2D eigenvalue weighted by atomic mass is 10.0. The van der Waals surface area contributed by atoms with Crippen LogP contribution in [0.3, 0.4) is 0 Å². The molecule has 1 amide bonds. The van der Waals surface area contributed by atoms with Gasteiger partial charge in [0.05, 0.1) is 13.2 Å². The van der Waals surface area contributed by atoms with Gasteiger partial charge < -0.3 is 14.7 Å². The van der Waals surface area contributed by atoms with Crippen molar-refractivity contribution < 1.29 is 23.1 Å². The molecule has 32 heavy (non-hydrogen) atoms. The normalized spacial score (nSPS) is 23.7. The molecule has 0 unspecified atom stereocenters. The number of fused-ring (bicyclic) bond motifs is 1. The maximum Gasteiger partial charge on any atom is 0.247 e. The second kappa shape index (κ2) is 9.82. The number of aliphatic hydroxyl groups excluding tert-OH is 1. The smallest absolute Gasteiger partial charge is 0.247 e. The SMILES string of the molecule is CC(C)C#Cc1ccc2c(c1)O[C@@H](CN(C)C(=O)C1CC1)[C@H](C)CN([C@H](C)CO)S2(=O)=O. The maximum atomic E-state index is 13.5. The molecule has 1 heterocycles. The van der Waals surface area contributed by atoms with Crippen molar-refractivity contribution in [1.82, 2.24) is 9.21 Å². The zero-order valence-corrected chi connectivity index (χ0v) is 20.4. The third-order valence-corrected chi connectivity index (χ3v) is 7.95. The molecule has 0 radical (unpaired) electrons. The van der Waals surface area contributed by atoms with Crippen LogP contribution in [0.4, 0.5) is 0 Å². The zero-order valence-electron chi connectivity index (χ0n) is 19.5. The van der Waals surface area contributed by atoms with E-state index in [0.29, 0.717) is 12.1 Å². The molecular weight excluding hydrogens is 428 g/mol. The molecule has 1 aromatic rings. The summed E-state index contributed by atoms with van der Waals surface area (Å²) < 4.78 is 34.6. The van der Waals surface area contributed by atoms with Crippen molar-refractivity contribution in [2.24, 2.45) is 17.8 Å². The molecule has 2 aliphatic rings. The number of aliphatic hydroxyl groups is 1. The van der Waals surface area contributed by atoms with Gasteiger partial charge in [-0.05, 0) is 38.0 Å². The van der Waals surface area contributed by atoms with E-state index in [9.17, 15) is 18.3 Å². The van der Waals surface area contributed by atoms with Crippen LogP contribution in [0.5, 0.6) is 5.75 Å². The van der Waals surface area contributed by atoms with Crippen LogP contribution in [0, 0.1) is 29.6 Å². The van der Waals surface area contributed by atoms with Crippen molar-refractivity contribution in [2.45, 2.75) is 57.6 Å². The monoisotopic (exact) mass is 462 g/mol. The number of nitrogens with zero attached hydrogens (tertiary/aromatic N) is 2. The fourth-order valence-electron chi connectivity index (χ4n) is 3.75. The molecule has 1 aromatic carbocycles. The Hall–Kier alpha value is -2.08. The third kappa shape index (κ3) is 5.45. The minimum atomic E-state index is -3.89. The summed E-state index contributed by atoms with van der Waals surface area (Å²) in [5.41, 5.74) is 0.670. The van der Waals surface area contributed by atoms with E-state index in [0.717, 1.165) is 12.8 Å². The maximum absolute atomic E-state index is 13.5. The number of sulfonamides is 1. The van der Waals surface area contributed by atoms with Gasteiger partial charge in [0, 0.05) is 43.0 Å². The van der Waals surface area contributed by atoms with Crippen molar-refractivity contribution in [3.63, 3.8) is 0 Å². The largest absolute Gasteiger partial charge is 0.487 e. The summed E-state index contributed by atoms with van der Waals surface area (Å²) in [4.78, 5) is 14.3. The van der Waals surface area contributed by atoms with E-state index in [1.54, 1.807) is 31.0 Å². The predicted molar refractivity (Wildman–Crippen MR) is 123 cm³/mol. The first-order valence-electron chi connectivity index (χ1n) is 11.2. The summed E-state index contributed by atoms with van der Waals surface area (Å²) in [5, 5.41) is 9.73. The molecular formula is C24H34N2O5S. The molecule has 0 spiro atoms. The van der Waals surface area contributed by atoms with E-state index in [2.05, 4.69) is 11.8 Å². The summed E-state index contributed by atoms with van der Waals surface area (Å²) in [6.07, 6.45) is 1.44. The topological polar surface area (TPSA) is 87.2 Å². The van der Waals surface area contributed by atoms with Crippen LogP contribution in [-0.2, 0) is 14.8 Å². The molecule has 8 heteroatoms. The fraction of sp³-hybridized carbons (Fsp3) is 0.625. The van der Waals surface area contributed by atoms with Crippen LogP contribution in [0.25, 0.3) is 0 Å². The molecule has 176 valence electrons. The molecule has 3 rings (SSSR count). The molecule has 1 aliphatic heterocycles. The minimum Gasteiger partial charge on any atom is -0.487 e. The summed E-state index contributed by atoms with van der Waals surface area (Å²) in [5.74, 6) is 6.57. The van der Waals surface area contributed by atoms with Gasteiger partial charge in [0.15, 0.2) is 0 Å². The van der Waals surface area contributed by atoms with Crippen LogP contribution in [-0.4, -0.2) is 67.5 Å². The summed E-state index contributed by atoms with van der Waals surface area (Å²) in [6, 6.07) is 4.29. The number of rotatable bonds is 5. The Morgan fingerprint density at radius 1 is 1.31 bits per heavy atom. The molecule has 1 N–H and O–H groups in total. The molecule has 0 saturated heterocycles. The molecule has 7 nitrogen and oxygen atoms in total. The van der Waals surface area contributed by atoms with Crippen LogP contribution in [0.2, 0.25) is 0 Å². The van der Waals surface area contributed by atoms with Crippen molar-refractivity contribution >= 4 is 15.9 Å². The van der Waals surface area contributed by atoms with Gasteiger partial charge in [-0.25, -0.2) is 8.42 Å². The van der Waals surface area contributed by atoms with Crippen molar-refractivity contribution in [3.05, 3.63) is 23.8 Å². The highest BCUT2D eigenvalue weighted by Crippen LogP contribution is 2.35. The van der Waals surface area contributed by atoms with Gasteiger partial charge in [0.1, 0.15) is 16.7 Å². The van der Waals surface area contributed by atoms with Gasteiger partial charge in [-0.15, -0.1) is 0 Å². The number of amides is 1. The summed E-state index contributed by atoms with van der Waals surface area (Å²) >= 11 is 0. The molecule has 1 fully saturated rings. The highest BCUT2D eigenvalue weighted by molar-refractivity contribution is 7.89. The highest BCUT2D eigenvalue weighted by atomic mass is 32.2. The Morgan fingerprint density at radius 3 is 2.59 bits per heavy atom. The predicted octanol–water partition coefficient (Wildman–Crippen LogP) is 2.33. The molecule has 0 bridgehead atoms. The van der Waals surface area contributed by atoms with E-state index in [4.69, 9.17) is 4.74 Å². The van der Waals surface area contributed by atoms with E-state index in [1.165, 1.54) is 10.4 Å². The van der Waals surface area contributed by atoms with Crippen LogP contribution >= 0.6 is 0 Å². The summed E-state index contributed by atoms with van der Waals surface area (Å²) in [6.45, 7) is 7.84. The number of likely N-dealkylation sites (N-methyl/N-ethyl adjacent to an activating group) is 1. The fourth-order valence-corrected chi connectivity index (χ4v) is 5.58. The van der Waals surface area contributed by atoms with Crippen molar-refractivity contribution in [2.75, 3.05) is 26.7 Å². The lowest BCUT2D eigenvalue weighted by Crippen LogP contribution is -2.50. The van der Waals surface area contributed by atoms with E-state index >= 15 is 0 Å². The average Bonchev–Trinajstić information content (AvgIpc) is 3.58.